The first-order valence-corrected chi connectivity index (χ1v) is 9.09. The molecule has 1 saturated heterocycles. The number of amides is 1. The molecule has 1 aromatic heterocycles. The van der Waals surface area contributed by atoms with E-state index in [1.54, 1.807) is 23.1 Å². The van der Waals surface area contributed by atoms with E-state index < -0.39 is 5.82 Å². The van der Waals surface area contributed by atoms with E-state index in [0.717, 1.165) is 45.0 Å². The summed E-state index contributed by atoms with van der Waals surface area (Å²) in [4.78, 5) is 17.0. The highest BCUT2D eigenvalue weighted by Crippen LogP contribution is 2.14. The summed E-state index contributed by atoms with van der Waals surface area (Å²) < 4.78 is 21.5. The molecule has 1 amide bonds. The minimum atomic E-state index is -0.470. The summed E-state index contributed by atoms with van der Waals surface area (Å²) >= 11 is 0. The largest absolute Gasteiger partial charge is 0.379 e. The lowest BCUT2D eigenvalue weighted by molar-refractivity contribution is 0.0355. The minimum absolute atomic E-state index is 0.132. The number of hydrogen-bond donors (Lipinski definition) is 0. The molecule has 6 heteroatoms. The summed E-state index contributed by atoms with van der Waals surface area (Å²) in [6.07, 6.45) is 2.80. The summed E-state index contributed by atoms with van der Waals surface area (Å²) in [5.41, 5.74) is 1.16. The Hall–Kier alpha value is -2.18. The van der Waals surface area contributed by atoms with Crippen molar-refractivity contribution in [2.45, 2.75) is 13.0 Å². The Kier molecular flexibility index (Phi) is 6.41. The van der Waals surface area contributed by atoms with Crippen molar-refractivity contribution in [3.8, 4) is 0 Å². The van der Waals surface area contributed by atoms with E-state index in [4.69, 9.17) is 4.74 Å². The van der Waals surface area contributed by atoms with Gasteiger partial charge in [0.15, 0.2) is 0 Å². The molecule has 0 spiro atoms. The van der Waals surface area contributed by atoms with Gasteiger partial charge in [0.2, 0.25) is 0 Å². The van der Waals surface area contributed by atoms with Gasteiger partial charge in [-0.2, -0.15) is 0 Å². The monoisotopic (exact) mass is 359 g/mol. The average Bonchev–Trinajstić information content (AvgIpc) is 3.06. The van der Waals surface area contributed by atoms with Gasteiger partial charge in [0.05, 0.1) is 25.3 Å². The number of aromatic nitrogens is 1. The number of ether oxygens (including phenoxy) is 1. The molecular formula is C20H26FN3O2. The van der Waals surface area contributed by atoms with Crippen LogP contribution in [0.4, 0.5) is 4.39 Å². The Morgan fingerprint density at radius 3 is 2.65 bits per heavy atom. The van der Waals surface area contributed by atoms with Crippen LogP contribution in [0.15, 0.2) is 42.6 Å². The Bertz CT molecular complexity index is 725. The zero-order chi connectivity index (χ0) is 18.4. The lowest BCUT2D eigenvalue weighted by Crippen LogP contribution is -2.39. The van der Waals surface area contributed by atoms with Crippen LogP contribution in [0.25, 0.3) is 0 Å². The van der Waals surface area contributed by atoms with Crippen LogP contribution in [0.1, 0.15) is 22.5 Å². The molecule has 1 aliphatic heterocycles. The average molecular weight is 359 g/mol. The van der Waals surface area contributed by atoms with E-state index in [1.807, 2.05) is 29.9 Å². The molecule has 0 N–H and O–H groups in total. The Balaban J connectivity index is 1.67. The molecule has 0 radical (unpaired) electrons. The number of benzene rings is 1. The van der Waals surface area contributed by atoms with Crippen molar-refractivity contribution in [2.24, 2.45) is 7.05 Å². The second-order valence-corrected chi connectivity index (χ2v) is 6.62. The molecule has 0 unspecified atom stereocenters. The van der Waals surface area contributed by atoms with Gasteiger partial charge >= 0.3 is 0 Å². The fraction of sp³-hybridized carbons (Fsp3) is 0.450. The maximum atomic E-state index is 14.1. The molecule has 0 bridgehead atoms. The van der Waals surface area contributed by atoms with Gasteiger partial charge < -0.3 is 14.2 Å². The van der Waals surface area contributed by atoms with Crippen molar-refractivity contribution in [1.29, 1.82) is 0 Å². The van der Waals surface area contributed by atoms with E-state index in [2.05, 4.69) is 4.90 Å². The van der Waals surface area contributed by atoms with Crippen molar-refractivity contribution in [1.82, 2.24) is 14.4 Å². The SMILES string of the molecule is Cn1cccc1CN(CCCN1CCOCC1)C(=O)c1ccccc1F. The maximum absolute atomic E-state index is 14.1. The van der Waals surface area contributed by atoms with Gasteiger partial charge in [-0.05, 0) is 30.7 Å². The second kappa shape index (κ2) is 8.96. The number of halogens is 1. The van der Waals surface area contributed by atoms with Gasteiger partial charge in [0, 0.05) is 45.1 Å². The highest BCUT2D eigenvalue weighted by molar-refractivity contribution is 5.94. The van der Waals surface area contributed by atoms with Crippen molar-refractivity contribution in [2.75, 3.05) is 39.4 Å². The Labute approximate surface area is 154 Å². The third-order valence-electron chi connectivity index (χ3n) is 4.80. The maximum Gasteiger partial charge on any atom is 0.257 e. The van der Waals surface area contributed by atoms with Gasteiger partial charge in [0.1, 0.15) is 5.82 Å². The fourth-order valence-electron chi connectivity index (χ4n) is 3.22. The summed E-state index contributed by atoms with van der Waals surface area (Å²) in [6, 6.07) is 10.1. The van der Waals surface area contributed by atoms with Crippen LogP contribution in [0.5, 0.6) is 0 Å². The number of morpholine rings is 1. The van der Waals surface area contributed by atoms with Crippen LogP contribution in [0.3, 0.4) is 0 Å². The molecule has 0 aliphatic carbocycles. The predicted octanol–water partition coefficient (Wildman–Crippen LogP) is 2.53. The van der Waals surface area contributed by atoms with Crippen LogP contribution in [0.2, 0.25) is 0 Å². The molecular weight excluding hydrogens is 333 g/mol. The molecule has 140 valence electrons. The molecule has 26 heavy (non-hydrogen) atoms. The number of aryl methyl sites for hydroxylation is 1. The highest BCUT2D eigenvalue weighted by atomic mass is 19.1. The first kappa shape index (κ1) is 18.6. The van der Waals surface area contributed by atoms with Gasteiger partial charge in [-0.1, -0.05) is 12.1 Å². The summed E-state index contributed by atoms with van der Waals surface area (Å²) in [5, 5.41) is 0. The summed E-state index contributed by atoms with van der Waals surface area (Å²) in [7, 11) is 1.95. The number of rotatable bonds is 7. The summed E-state index contributed by atoms with van der Waals surface area (Å²) in [5.74, 6) is -0.728. The quantitative estimate of drug-likeness (QED) is 0.762. The lowest BCUT2D eigenvalue weighted by Gasteiger charge is -2.28. The Morgan fingerprint density at radius 1 is 1.19 bits per heavy atom. The van der Waals surface area contributed by atoms with Gasteiger partial charge in [0.25, 0.3) is 5.91 Å². The molecule has 0 atom stereocenters. The zero-order valence-electron chi connectivity index (χ0n) is 15.2. The second-order valence-electron chi connectivity index (χ2n) is 6.62. The van der Waals surface area contributed by atoms with Crippen LogP contribution in [-0.2, 0) is 18.3 Å². The van der Waals surface area contributed by atoms with E-state index >= 15 is 0 Å². The Morgan fingerprint density at radius 2 is 1.96 bits per heavy atom. The first-order valence-electron chi connectivity index (χ1n) is 9.09. The van der Waals surface area contributed by atoms with Gasteiger partial charge in [-0.15, -0.1) is 0 Å². The van der Waals surface area contributed by atoms with Crippen LogP contribution in [-0.4, -0.2) is 59.7 Å². The van der Waals surface area contributed by atoms with Crippen LogP contribution < -0.4 is 0 Å². The van der Waals surface area contributed by atoms with Crippen LogP contribution in [0, 0.1) is 5.82 Å². The molecule has 0 saturated carbocycles. The molecule has 5 nitrogen and oxygen atoms in total. The van der Waals surface area contributed by atoms with Crippen LogP contribution >= 0.6 is 0 Å². The third kappa shape index (κ3) is 4.71. The molecule has 2 aromatic rings. The summed E-state index contributed by atoms with van der Waals surface area (Å²) in [6.45, 7) is 5.37. The topological polar surface area (TPSA) is 37.7 Å². The minimum Gasteiger partial charge on any atom is -0.379 e. The van der Waals surface area contributed by atoms with E-state index in [0.29, 0.717) is 13.1 Å². The van der Waals surface area contributed by atoms with Crippen molar-refractivity contribution in [3.63, 3.8) is 0 Å². The van der Waals surface area contributed by atoms with E-state index in [-0.39, 0.29) is 11.5 Å². The normalized spacial score (nSPS) is 15.2. The molecule has 1 aliphatic rings. The fourth-order valence-corrected chi connectivity index (χ4v) is 3.22. The van der Waals surface area contributed by atoms with Gasteiger partial charge in [-0.25, -0.2) is 4.39 Å². The van der Waals surface area contributed by atoms with Crippen molar-refractivity contribution < 1.29 is 13.9 Å². The van der Waals surface area contributed by atoms with Crippen molar-refractivity contribution >= 4 is 5.91 Å². The number of nitrogens with zero attached hydrogens (tertiary/aromatic N) is 3. The molecule has 2 heterocycles. The van der Waals surface area contributed by atoms with E-state index in [1.165, 1.54) is 6.07 Å². The number of carbonyl (C=O) groups excluding carboxylic acids is 1. The first-order chi connectivity index (χ1) is 12.6. The molecule has 1 aromatic carbocycles. The highest BCUT2D eigenvalue weighted by Gasteiger charge is 2.20. The van der Waals surface area contributed by atoms with E-state index in [9.17, 15) is 9.18 Å². The molecule has 3 rings (SSSR count). The van der Waals surface area contributed by atoms with Gasteiger partial charge in [-0.3, -0.25) is 9.69 Å². The third-order valence-corrected chi connectivity index (χ3v) is 4.80. The van der Waals surface area contributed by atoms with Crippen molar-refractivity contribution in [3.05, 3.63) is 59.7 Å². The smallest absolute Gasteiger partial charge is 0.257 e. The zero-order valence-corrected chi connectivity index (χ0v) is 15.2. The number of hydrogen-bond acceptors (Lipinski definition) is 3. The molecule has 1 fully saturated rings. The number of carbonyl (C=O) groups is 1. The predicted molar refractivity (Wildman–Crippen MR) is 98.4 cm³/mol. The standard InChI is InChI=1S/C20H26FN3O2/c1-22-9-4-6-17(22)16-24(11-5-10-23-12-14-26-15-13-23)20(25)18-7-2-3-8-19(18)21/h2-4,6-9H,5,10-16H2,1H3. The lowest BCUT2D eigenvalue weighted by atomic mass is 10.1.